The van der Waals surface area contributed by atoms with Crippen LogP contribution in [0.1, 0.15) is 20.3 Å². The molecule has 0 aliphatic heterocycles. The van der Waals surface area contributed by atoms with Gasteiger partial charge < -0.3 is 0 Å². The molecule has 52 valence electrons. The van der Waals surface area contributed by atoms with Gasteiger partial charge in [0, 0.05) is 5.25 Å². The van der Waals surface area contributed by atoms with Gasteiger partial charge in [0.2, 0.25) is 0 Å². The molecule has 0 amide bonds. The number of hydrogen-bond acceptors (Lipinski definition) is 1. The highest BCUT2D eigenvalue weighted by Crippen LogP contribution is 2.59. The third-order valence-corrected chi connectivity index (χ3v) is 4.23. The van der Waals surface area contributed by atoms with Gasteiger partial charge in [-0.25, -0.2) is 0 Å². The molecular formula is C8H14S. The van der Waals surface area contributed by atoms with Crippen LogP contribution in [0.15, 0.2) is 0 Å². The summed E-state index contributed by atoms with van der Waals surface area (Å²) >= 11 is 4.53. The minimum absolute atomic E-state index is 0.742. The van der Waals surface area contributed by atoms with Gasteiger partial charge in [0.05, 0.1) is 0 Å². The summed E-state index contributed by atoms with van der Waals surface area (Å²) < 4.78 is 0. The molecule has 1 heteroatoms. The zero-order chi connectivity index (χ0) is 6.59. The highest BCUT2D eigenvalue weighted by Gasteiger charge is 2.55. The van der Waals surface area contributed by atoms with E-state index in [0.29, 0.717) is 0 Å². The average molecular weight is 142 g/mol. The quantitative estimate of drug-likeness (QED) is 0.492. The van der Waals surface area contributed by atoms with E-state index in [1.807, 2.05) is 0 Å². The fourth-order valence-corrected chi connectivity index (χ4v) is 3.24. The molecule has 0 heterocycles. The van der Waals surface area contributed by atoms with Crippen molar-refractivity contribution < 1.29 is 0 Å². The summed E-state index contributed by atoms with van der Waals surface area (Å²) in [4.78, 5) is 0. The minimum Gasteiger partial charge on any atom is -0.175 e. The van der Waals surface area contributed by atoms with Crippen LogP contribution in [0.5, 0.6) is 0 Å². The molecule has 0 N–H and O–H groups in total. The van der Waals surface area contributed by atoms with Crippen molar-refractivity contribution in [1.29, 1.82) is 0 Å². The van der Waals surface area contributed by atoms with Gasteiger partial charge in [0.15, 0.2) is 0 Å². The van der Waals surface area contributed by atoms with Crippen molar-refractivity contribution >= 4 is 12.6 Å². The highest BCUT2D eigenvalue weighted by molar-refractivity contribution is 7.81. The van der Waals surface area contributed by atoms with E-state index in [0.717, 1.165) is 28.9 Å². The van der Waals surface area contributed by atoms with Gasteiger partial charge in [-0.05, 0) is 30.1 Å². The van der Waals surface area contributed by atoms with Crippen molar-refractivity contribution in [3.8, 4) is 0 Å². The Kier molecular flexibility index (Phi) is 1.14. The van der Waals surface area contributed by atoms with E-state index in [1.54, 1.807) is 0 Å². The van der Waals surface area contributed by atoms with E-state index in [4.69, 9.17) is 0 Å². The standard InChI is InChI=1S/C8H14S/c1-4-3-6-7(4)5(2)8(6)9/h4-9H,3H2,1-2H3. The number of thiol groups is 1. The largest absolute Gasteiger partial charge is 0.175 e. The molecule has 0 aromatic rings. The zero-order valence-electron chi connectivity index (χ0n) is 6.04. The zero-order valence-corrected chi connectivity index (χ0v) is 6.94. The van der Waals surface area contributed by atoms with Crippen molar-refractivity contribution in [2.75, 3.05) is 0 Å². The molecule has 2 aliphatic carbocycles. The summed E-state index contributed by atoms with van der Waals surface area (Å²) in [6.45, 7) is 4.71. The van der Waals surface area contributed by atoms with Gasteiger partial charge >= 0.3 is 0 Å². The molecule has 0 saturated heterocycles. The number of rotatable bonds is 0. The Morgan fingerprint density at radius 1 is 1.33 bits per heavy atom. The fourth-order valence-electron chi connectivity index (χ4n) is 2.72. The van der Waals surface area contributed by atoms with Crippen LogP contribution in [-0.4, -0.2) is 5.25 Å². The molecule has 0 bridgehead atoms. The summed E-state index contributed by atoms with van der Waals surface area (Å²) in [5.74, 6) is 3.96. The maximum Gasteiger partial charge on any atom is 0.00765 e. The maximum atomic E-state index is 4.53. The van der Waals surface area contributed by atoms with Crippen LogP contribution < -0.4 is 0 Å². The summed E-state index contributed by atoms with van der Waals surface area (Å²) in [6, 6.07) is 0. The van der Waals surface area contributed by atoms with Gasteiger partial charge in [-0.2, -0.15) is 12.6 Å². The SMILES string of the molecule is CC1CC2C(S)C(C)C12. The van der Waals surface area contributed by atoms with Gasteiger partial charge in [0.25, 0.3) is 0 Å². The molecule has 2 rings (SSSR count). The molecule has 5 unspecified atom stereocenters. The molecular weight excluding hydrogens is 128 g/mol. The lowest BCUT2D eigenvalue weighted by Crippen LogP contribution is -2.57. The van der Waals surface area contributed by atoms with Crippen molar-refractivity contribution in [2.45, 2.75) is 25.5 Å². The van der Waals surface area contributed by atoms with Crippen LogP contribution in [0.25, 0.3) is 0 Å². The second-order valence-corrected chi connectivity index (χ2v) is 4.40. The Bertz CT molecular complexity index is 127. The van der Waals surface area contributed by atoms with Gasteiger partial charge in [-0.15, -0.1) is 0 Å². The first-order valence-electron chi connectivity index (χ1n) is 3.90. The molecule has 0 spiro atoms. The van der Waals surface area contributed by atoms with Crippen LogP contribution in [-0.2, 0) is 0 Å². The highest BCUT2D eigenvalue weighted by atomic mass is 32.1. The van der Waals surface area contributed by atoms with Crippen LogP contribution in [0.3, 0.4) is 0 Å². The van der Waals surface area contributed by atoms with Crippen LogP contribution in [0, 0.1) is 23.7 Å². The van der Waals surface area contributed by atoms with Crippen molar-refractivity contribution in [3.05, 3.63) is 0 Å². The van der Waals surface area contributed by atoms with E-state index in [1.165, 1.54) is 6.42 Å². The second kappa shape index (κ2) is 1.69. The third-order valence-electron chi connectivity index (χ3n) is 3.38. The monoisotopic (exact) mass is 142 g/mol. The minimum atomic E-state index is 0.742. The van der Waals surface area contributed by atoms with E-state index >= 15 is 0 Å². The molecule has 2 fully saturated rings. The third kappa shape index (κ3) is 0.568. The van der Waals surface area contributed by atoms with E-state index in [2.05, 4.69) is 26.5 Å². The molecule has 9 heavy (non-hydrogen) atoms. The fraction of sp³-hybridized carbons (Fsp3) is 1.00. The van der Waals surface area contributed by atoms with Crippen molar-refractivity contribution in [1.82, 2.24) is 0 Å². The molecule has 5 atom stereocenters. The molecule has 0 aromatic carbocycles. The topological polar surface area (TPSA) is 0 Å². The molecule has 0 aromatic heterocycles. The first-order valence-corrected chi connectivity index (χ1v) is 4.41. The normalized spacial score (nSPS) is 63.7. The Morgan fingerprint density at radius 2 is 2.00 bits per heavy atom. The summed E-state index contributed by atoms with van der Waals surface area (Å²) in [6.07, 6.45) is 1.45. The Morgan fingerprint density at radius 3 is 2.33 bits per heavy atom. The van der Waals surface area contributed by atoms with Crippen molar-refractivity contribution in [2.24, 2.45) is 23.7 Å². The predicted octanol–water partition coefficient (Wildman–Crippen LogP) is 2.21. The van der Waals surface area contributed by atoms with E-state index in [9.17, 15) is 0 Å². The van der Waals surface area contributed by atoms with Gasteiger partial charge in [-0.1, -0.05) is 13.8 Å². The van der Waals surface area contributed by atoms with E-state index in [-0.39, 0.29) is 0 Å². The van der Waals surface area contributed by atoms with Gasteiger partial charge in [0.1, 0.15) is 0 Å². The van der Waals surface area contributed by atoms with Crippen LogP contribution in [0.4, 0.5) is 0 Å². The maximum absolute atomic E-state index is 4.53. The summed E-state index contributed by atoms with van der Waals surface area (Å²) in [7, 11) is 0. The predicted molar refractivity (Wildman–Crippen MR) is 42.7 cm³/mol. The average Bonchev–Trinajstić information content (AvgIpc) is 1.81. The van der Waals surface area contributed by atoms with E-state index < -0.39 is 0 Å². The lowest BCUT2D eigenvalue weighted by Gasteiger charge is -2.60. The number of hydrogen-bond donors (Lipinski definition) is 1. The molecule has 0 radical (unpaired) electrons. The second-order valence-electron chi connectivity index (χ2n) is 3.80. The molecule has 2 saturated carbocycles. The Labute approximate surface area is 62.4 Å². The van der Waals surface area contributed by atoms with Crippen LogP contribution >= 0.6 is 12.6 Å². The number of fused-ring (bicyclic) bond motifs is 1. The molecule has 0 nitrogen and oxygen atoms in total. The summed E-state index contributed by atoms with van der Waals surface area (Å²) in [5.41, 5.74) is 0. The van der Waals surface area contributed by atoms with Crippen LogP contribution in [0.2, 0.25) is 0 Å². The molecule has 2 aliphatic rings. The lowest BCUT2D eigenvalue weighted by molar-refractivity contribution is -0.0615. The van der Waals surface area contributed by atoms with Crippen molar-refractivity contribution in [3.63, 3.8) is 0 Å². The Balaban J connectivity index is 2.02. The smallest absolute Gasteiger partial charge is 0.00765 e. The van der Waals surface area contributed by atoms with Gasteiger partial charge in [-0.3, -0.25) is 0 Å². The first kappa shape index (κ1) is 6.09. The summed E-state index contributed by atoms with van der Waals surface area (Å²) in [5, 5.41) is 0.742. The Hall–Kier alpha value is 0.350. The lowest BCUT2D eigenvalue weighted by atomic mass is 9.48. The first-order chi connectivity index (χ1) is 4.22.